The summed E-state index contributed by atoms with van der Waals surface area (Å²) in [5.74, 6) is -3.43. The summed E-state index contributed by atoms with van der Waals surface area (Å²) in [5.41, 5.74) is 0.537. The zero-order valence-corrected chi connectivity index (χ0v) is 18.0. The van der Waals surface area contributed by atoms with Crippen molar-refractivity contribution in [3.05, 3.63) is 100 Å². The van der Waals surface area contributed by atoms with E-state index >= 15 is 0 Å². The van der Waals surface area contributed by atoms with Crippen molar-refractivity contribution in [1.82, 2.24) is 4.90 Å². The van der Waals surface area contributed by atoms with E-state index < -0.39 is 41.5 Å². The molecule has 0 bridgehead atoms. The van der Waals surface area contributed by atoms with Gasteiger partial charge in [-0.25, -0.2) is 13.6 Å². The summed E-state index contributed by atoms with van der Waals surface area (Å²) in [6.45, 7) is 0. The van der Waals surface area contributed by atoms with Crippen molar-refractivity contribution in [3.8, 4) is 0 Å². The van der Waals surface area contributed by atoms with Gasteiger partial charge in [0.1, 0.15) is 17.7 Å². The minimum atomic E-state index is -1.40. The summed E-state index contributed by atoms with van der Waals surface area (Å²) in [6.07, 6.45) is 0. The van der Waals surface area contributed by atoms with Gasteiger partial charge in [0.2, 0.25) is 0 Å². The van der Waals surface area contributed by atoms with Gasteiger partial charge in [0.05, 0.1) is 18.4 Å². The second-order valence-electron chi connectivity index (χ2n) is 7.32. The van der Waals surface area contributed by atoms with Crippen LogP contribution in [0.1, 0.15) is 33.6 Å². The van der Waals surface area contributed by atoms with Crippen LogP contribution in [0.4, 0.5) is 14.5 Å². The summed E-state index contributed by atoms with van der Waals surface area (Å²) in [6, 6.07) is 11.7. The first-order valence-electron chi connectivity index (χ1n) is 9.82. The highest BCUT2D eigenvalue weighted by Crippen LogP contribution is 2.38. The fourth-order valence-electron chi connectivity index (χ4n) is 3.78. The van der Waals surface area contributed by atoms with Crippen molar-refractivity contribution in [3.63, 3.8) is 0 Å². The molecule has 0 saturated carbocycles. The lowest BCUT2D eigenvalue weighted by atomic mass is 9.97. The van der Waals surface area contributed by atoms with Crippen LogP contribution in [-0.2, 0) is 14.3 Å². The minimum Gasteiger partial charge on any atom is -0.467 e. The van der Waals surface area contributed by atoms with Crippen molar-refractivity contribution < 1.29 is 27.9 Å². The Morgan fingerprint density at radius 1 is 1.00 bits per heavy atom. The Morgan fingerprint density at radius 2 is 1.64 bits per heavy atom. The van der Waals surface area contributed by atoms with Gasteiger partial charge in [0, 0.05) is 5.02 Å². The van der Waals surface area contributed by atoms with Gasteiger partial charge < -0.3 is 15.0 Å². The minimum absolute atomic E-state index is 0.0165. The first kappa shape index (κ1) is 22.4. The van der Waals surface area contributed by atoms with Gasteiger partial charge in [-0.3, -0.25) is 9.59 Å². The second kappa shape index (κ2) is 8.99. The fraction of sp³-hybridized carbons (Fsp3) is 0.125. The van der Waals surface area contributed by atoms with E-state index in [0.717, 1.165) is 36.3 Å². The van der Waals surface area contributed by atoms with E-state index in [1.165, 1.54) is 30.3 Å². The zero-order valence-electron chi connectivity index (χ0n) is 17.2. The SMILES string of the molecule is COC(=O)C(c1ccc(F)cc1)N1C(=O)c2ccc(F)cc2NC(=O)C1c1ccc(Cl)cc1. The average molecular weight is 471 g/mol. The van der Waals surface area contributed by atoms with Gasteiger partial charge in [-0.1, -0.05) is 35.9 Å². The predicted molar refractivity (Wildman–Crippen MR) is 117 cm³/mol. The normalized spacial score (nSPS) is 16.5. The van der Waals surface area contributed by atoms with Crippen molar-refractivity contribution in [1.29, 1.82) is 0 Å². The lowest BCUT2D eigenvalue weighted by Gasteiger charge is -2.34. The van der Waals surface area contributed by atoms with Gasteiger partial charge in [0.15, 0.2) is 6.04 Å². The summed E-state index contributed by atoms with van der Waals surface area (Å²) in [4.78, 5) is 41.1. The largest absolute Gasteiger partial charge is 0.467 e. The number of anilines is 1. The number of rotatable bonds is 4. The van der Waals surface area contributed by atoms with Crippen LogP contribution in [0.25, 0.3) is 0 Å². The Kier molecular flexibility index (Phi) is 6.11. The fourth-order valence-corrected chi connectivity index (χ4v) is 3.91. The van der Waals surface area contributed by atoms with E-state index in [4.69, 9.17) is 16.3 Å². The number of ether oxygens (including phenoxy) is 1. The van der Waals surface area contributed by atoms with Crippen LogP contribution >= 0.6 is 11.6 Å². The molecule has 2 unspecified atom stereocenters. The number of amides is 2. The number of halogens is 3. The molecule has 0 aromatic heterocycles. The first-order valence-corrected chi connectivity index (χ1v) is 10.2. The molecule has 0 fully saturated rings. The highest BCUT2D eigenvalue weighted by Gasteiger charge is 2.44. The molecule has 0 aliphatic carbocycles. The van der Waals surface area contributed by atoms with E-state index in [0.29, 0.717) is 10.6 Å². The van der Waals surface area contributed by atoms with Crippen LogP contribution in [0.5, 0.6) is 0 Å². The molecule has 4 rings (SSSR count). The Labute approximate surface area is 192 Å². The molecule has 2 atom stereocenters. The standard InChI is InChI=1S/C24H17ClF2N2O4/c1-33-24(32)21(14-4-8-16(26)9-5-14)29-20(13-2-6-15(25)7-3-13)22(30)28-19-12-17(27)10-11-18(19)23(29)31/h2-12,20-21H,1H3,(H,28,30). The molecule has 33 heavy (non-hydrogen) atoms. The van der Waals surface area contributed by atoms with Crippen LogP contribution < -0.4 is 5.32 Å². The second-order valence-corrected chi connectivity index (χ2v) is 7.76. The quantitative estimate of drug-likeness (QED) is 0.562. The molecule has 0 radical (unpaired) electrons. The van der Waals surface area contributed by atoms with Crippen molar-refractivity contribution in [2.45, 2.75) is 12.1 Å². The Balaban J connectivity index is 1.96. The van der Waals surface area contributed by atoms with Crippen molar-refractivity contribution in [2.75, 3.05) is 12.4 Å². The van der Waals surface area contributed by atoms with Crippen molar-refractivity contribution in [2.24, 2.45) is 0 Å². The van der Waals surface area contributed by atoms with Crippen molar-refractivity contribution >= 4 is 35.1 Å². The topological polar surface area (TPSA) is 75.7 Å². The third kappa shape index (κ3) is 4.29. The molecular formula is C24H17ClF2N2O4. The summed E-state index contributed by atoms with van der Waals surface area (Å²) in [5, 5.41) is 2.97. The van der Waals surface area contributed by atoms with Gasteiger partial charge >= 0.3 is 5.97 Å². The molecule has 3 aromatic rings. The van der Waals surface area contributed by atoms with Gasteiger partial charge in [-0.15, -0.1) is 0 Å². The monoisotopic (exact) mass is 470 g/mol. The van der Waals surface area contributed by atoms with E-state index in [1.54, 1.807) is 12.1 Å². The summed E-state index contributed by atoms with van der Waals surface area (Å²) < 4.78 is 32.4. The lowest BCUT2D eigenvalue weighted by Crippen LogP contribution is -2.44. The van der Waals surface area contributed by atoms with Gasteiger partial charge in [-0.2, -0.15) is 0 Å². The molecule has 6 nitrogen and oxygen atoms in total. The predicted octanol–water partition coefficient (Wildman–Crippen LogP) is 4.67. The number of fused-ring (bicyclic) bond motifs is 1. The third-order valence-corrected chi connectivity index (χ3v) is 5.56. The van der Waals surface area contributed by atoms with Crippen LogP contribution in [-0.4, -0.2) is 29.8 Å². The van der Waals surface area contributed by atoms with Gasteiger partial charge in [-0.05, 0) is 53.6 Å². The Bertz CT molecular complexity index is 1230. The summed E-state index contributed by atoms with van der Waals surface area (Å²) in [7, 11) is 1.14. The van der Waals surface area contributed by atoms with E-state index in [9.17, 15) is 23.2 Å². The maximum Gasteiger partial charge on any atom is 0.333 e. The first-order chi connectivity index (χ1) is 15.8. The molecule has 9 heteroatoms. The number of carbonyl (C=O) groups excluding carboxylic acids is 3. The molecular weight excluding hydrogens is 454 g/mol. The smallest absolute Gasteiger partial charge is 0.333 e. The van der Waals surface area contributed by atoms with Crippen LogP contribution in [0, 0.1) is 11.6 Å². The molecule has 0 saturated heterocycles. The Morgan fingerprint density at radius 3 is 2.27 bits per heavy atom. The molecule has 2 amide bonds. The molecule has 1 heterocycles. The van der Waals surface area contributed by atoms with Crippen LogP contribution in [0.15, 0.2) is 66.7 Å². The molecule has 168 valence electrons. The number of benzene rings is 3. The number of nitrogens with zero attached hydrogens (tertiary/aromatic N) is 1. The number of esters is 1. The molecule has 0 spiro atoms. The summed E-state index contributed by atoms with van der Waals surface area (Å²) >= 11 is 5.99. The molecule has 1 aliphatic heterocycles. The average Bonchev–Trinajstić information content (AvgIpc) is 2.89. The van der Waals surface area contributed by atoms with E-state index in [-0.39, 0.29) is 16.8 Å². The van der Waals surface area contributed by atoms with E-state index in [2.05, 4.69) is 5.32 Å². The molecule has 3 aromatic carbocycles. The number of nitrogens with one attached hydrogen (secondary N) is 1. The lowest BCUT2D eigenvalue weighted by molar-refractivity contribution is -0.147. The van der Waals surface area contributed by atoms with Crippen LogP contribution in [0.2, 0.25) is 5.02 Å². The molecule has 1 N–H and O–H groups in total. The highest BCUT2D eigenvalue weighted by atomic mass is 35.5. The van der Waals surface area contributed by atoms with E-state index in [1.807, 2.05) is 0 Å². The Hall–Kier alpha value is -3.78. The highest BCUT2D eigenvalue weighted by molar-refractivity contribution is 6.30. The maximum absolute atomic E-state index is 13.9. The zero-order chi connectivity index (χ0) is 23.7. The number of hydrogen-bond donors (Lipinski definition) is 1. The van der Waals surface area contributed by atoms with Gasteiger partial charge in [0.25, 0.3) is 11.8 Å². The van der Waals surface area contributed by atoms with Crippen LogP contribution in [0.3, 0.4) is 0 Å². The molecule has 1 aliphatic rings. The number of methoxy groups -OCH3 is 1. The number of hydrogen-bond acceptors (Lipinski definition) is 4. The maximum atomic E-state index is 13.9. The third-order valence-electron chi connectivity index (χ3n) is 5.31. The number of carbonyl (C=O) groups is 3.